The van der Waals surface area contributed by atoms with Crippen LogP contribution >= 0.6 is 11.6 Å². The molecule has 8 heteroatoms. The van der Waals surface area contributed by atoms with Gasteiger partial charge in [0.1, 0.15) is 16.9 Å². The van der Waals surface area contributed by atoms with Gasteiger partial charge in [0.2, 0.25) is 5.91 Å². The third-order valence-electron chi connectivity index (χ3n) is 7.73. The van der Waals surface area contributed by atoms with Crippen LogP contribution in [-0.2, 0) is 16.1 Å². The van der Waals surface area contributed by atoms with Gasteiger partial charge in [0, 0.05) is 30.0 Å². The first-order valence-electron chi connectivity index (χ1n) is 12.8. The molecule has 3 N–H and O–H groups in total. The van der Waals surface area contributed by atoms with Gasteiger partial charge in [0.25, 0.3) is 0 Å². The lowest BCUT2D eigenvalue weighted by atomic mass is 9.72. The Labute approximate surface area is 217 Å². The van der Waals surface area contributed by atoms with Gasteiger partial charge in [-0.25, -0.2) is 9.78 Å². The Morgan fingerprint density at radius 2 is 1.81 bits per heavy atom. The summed E-state index contributed by atoms with van der Waals surface area (Å²) in [5.41, 5.74) is 1.04. The van der Waals surface area contributed by atoms with Crippen molar-refractivity contribution in [3.8, 4) is 5.75 Å². The molecule has 2 aromatic rings. The minimum atomic E-state index is -0.987. The molecule has 1 aromatic carbocycles. The number of carbonyl (C=O) groups excluding carboxylic acids is 1. The minimum Gasteiger partial charge on any atom is -0.506 e. The second-order valence-corrected chi connectivity index (χ2v) is 11.5. The van der Waals surface area contributed by atoms with E-state index in [4.69, 9.17) is 11.6 Å². The van der Waals surface area contributed by atoms with Crippen molar-refractivity contribution in [3.05, 3.63) is 58.9 Å². The van der Waals surface area contributed by atoms with Crippen LogP contribution in [0.3, 0.4) is 0 Å². The normalized spacial score (nSPS) is 25.2. The number of benzene rings is 1. The number of pyridine rings is 1. The summed E-state index contributed by atoms with van der Waals surface area (Å²) in [6.45, 7) is 6.34. The molecule has 2 aliphatic rings. The number of carbonyl (C=O) groups is 2. The lowest BCUT2D eigenvalue weighted by molar-refractivity contribution is -0.154. The summed E-state index contributed by atoms with van der Waals surface area (Å²) in [6.07, 6.45) is 5.99. The van der Waals surface area contributed by atoms with Crippen LogP contribution in [0.25, 0.3) is 0 Å². The highest BCUT2D eigenvalue weighted by molar-refractivity contribution is 6.29. The number of amides is 1. The Morgan fingerprint density at radius 3 is 2.42 bits per heavy atom. The lowest BCUT2D eigenvalue weighted by Crippen LogP contribution is -2.49. The number of aromatic nitrogens is 1. The molecule has 1 amide bonds. The highest BCUT2D eigenvalue weighted by atomic mass is 35.5. The van der Waals surface area contributed by atoms with Crippen molar-refractivity contribution >= 4 is 23.5 Å². The summed E-state index contributed by atoms with van der Waals surface area (Å²) in [7, 11) is 0. The van der Waals surface area contributed by atoms with E-state index in [0.29, 0.717) is 5.56 Å². The van der Waals surface area contributed by atoms with Gasteiger partial charge in [-0.3, -0.25) is 4.79 Å². The fraction of sp³-hybridized carbons (Fsp3) is 0.536. The number of nitrogens with one attached hydrogen (secondary N) is 1. The average Bonchev–Trinajstić information content (AvgIpc) is 3.21. The van der Waals surface area contributed by atoms with E-state index in [9.17, 15) is 19.8 Å². The van der Waals surface area contributed by atoms with Crippen molar-refractivity contribution in [2.24, 2.45) is 17.3 Å². The number of likely N-dealkylation sites (tertiary alicyclic amines) is 1. The molecule has 2 fully saturated rings. The monoisotopic (exact) mass is 513 g/mol. The van der Waals surface area contributed by atoms with Crippen molar-refractivity contribution < 1.29 is 19.8 Å². The molecule has 7 nitrogen and oxygen atoms in total. The number of halogens is 1. The van der Waals surface area contributed by atoms with Gasteiger partial charge in [-0.2, -0.15) is 0 Å². The first-order valence-corrected chi connectivity index (χ1v) is 13.1. The molecule has 4 unspecified atom stereocenters. The molecular formula is C28H36ClN3O4. The third kappa shape index (κ3) is 5.37. The number of aliphatic carboxylic acids is 1. The number of aromatic hydroxyl groups is 1. The van der Waals surface area contributed by atoms with Crippen molar-refractivity contribution in [3.63, 3.8) is 0 Å². The minimum absolute atomic E-state index is 0.0124. The Balaban J connectivity index is 1.80. The van der Waals surface area contributed by atoms with E-state index in [1.807, 2.05) is 51.1 Å². The number of carboxylic acid groups (broad SMARTS) is 1. The zero-order valence-corrected chi connectivity index (χ0v) is 21.9. The highest BCUT2D eigenvalue weighted by Crippen LogP contribution is 2.49. The maximum Gasteiger partial charge on any atom is 0.326 e. The van der Waals surface area contributed by atoms with E-state index in [1.165, 1.54) is 6.20 Å². The summed E-state index contributed by atoms with van der Waals surface area (Å²) in [5.74, 6) is -1.58. The van der Waals surface area contributed by atoms with Crippen LogP contribution in [0.1, 0.15) is 70.0 Å². The van der Waals surface area contributed by atoms with Gasteiger partial charge in [-0.15, -0.1) is 0 Å². The first-order chi connectivity index (χ1) is 17.1. The second kappa shape index (κ2) is 10.8. The smallest absolute Gasteiger partial charge is 0.326 e. The zero-order chi connectivity index (χ0) is 26.0. The van der Waals surface area contributed by atoms with Crippen LogP contribution in [0, 0.1) is 17.3 Å². The summed E-state index contributed by atoms with van der Waals surface area (Å²) in [4.78, 5) is 32.5. The molecule has 1 aliphatic carbocycles. The van der Waals surface area contributed by atoms with E-state index in [1.54, 1.807) is 11.0 Å². The molecule has 0 radical (unpaired) electrons. The number of rotatable bonds is 6. The predicted molar refractivity (Wildman–Crippen MR) is 139 cm³/mol. The molecule has 36 heavy (non-hydrogen) atoms. The maximum absolute atomic E-state index is 14.1. The molecule has 194 valence electrons. The van der Waals surface area contributed by atoms with E-state index in [-0.39, 0.29) is 41.2 Å². The van der Waals surface area contributed by atoms with Crippen LogP contribution in [0.2, 0.25) is 5.15 Å². The van der Waals surface area contributed by atoms with Gasteiger partial charge < -0.3 is 20.4 Å². The molecule has 1 aromatic heterocycles. The predicted octanol–water partition coefficient (Wildman–Crippen LogP) is 5.18. The first kappa shape index (κ1) is 26.4. The van der Waals surface area contributed by atoms with Crippen molar-refractivity contribution in [1.82, 2.24) is 15.2 Å². The molecule has 4 rings (SSSR count). The summed E-state index contributed by atoms with van der Waals surface area (Å²) in [5, 5.41) is 24.7. The van der Waals surface area contributed by atoms with Gasteiger partial charge >= 0.3 is 5.97 Å². The van der Waals surface area contributed by atoms with Crippen molar-refractivity contribution in [2.75, 3.05) is 0 Å². The fourth-order valence-electron chi connectivity index (χ4n) is 6.12. The van der Waals surface area contributed by atoms with Gasteiger partial charge in [-0.1, -0.05) is 82.0 Å². The molecule has 2 heterocycles. The fourth-order valence-corrected chi connectivity index (χ4v) is 6.30. The molecule has 1 aliphatic heterocycles. The summed E-state index contributed by atoms with van der Waals surface area (Å²) < 4.78 is 0. The number of carboxylic acids is 1. The van der Waals surface area contributed by atoms with Crippen LogP contribution in [0.5, 0.6) is 5.75 Å². The van der Waals surface area contributed by atoms with Crippen LogP contribution < -0.4 is 5.32 Å². The maximum atomic E-state index is 14.1. The van der Waals surface area contributed by atoms with Crippen molar-refractivity contribution in [1.29, 1.82) is 0 Å². The molecule has 4 atom stereocenters. The third-order valence-corrected chi connectivity index (χ3v) is 7.94. The number of hydrogen-bond donors (Lipinski definition) is 3. The highest BCUT2D eigenvalue weighted by Gasteiger charge is 2.58. The largest absolute Gasteiger partial charge is 0.506 e. The molecule has 1 saturated carbocycles. The Hall–Kier alpha value is -2.64. The Morgan fingerprint density at radius 1 is 1.14 bits per heavy atom. The van der Waals surface area contributed by atoms with E-state index in [2.05, 4.69) is 10.3 Å². The zero-order valence-electron chi connectivity index (χ0n) is 21.2. The van der Waals surface area contributed by atoms with Crippen LogP contribution in [0.15, 0.2) is 42.6 Å². The molecule has 1 saturated heterocycles. The lowest BCUT2D eigenvalue weighted by Gasteiger charge is -2.36. The van der Waals surface area contributed by atoms with Crippen molar-refractivity contribution in [2.45, 2.75) is 77.5 Å². The standard InChI is InChI=1S/C28H36ClN3O4/c1-28(2,3)22-23(31-15-19-14-21(29)30-16-20(19)33)24(17-10-6-4-7-11-17)32(25(22)27(35)36)26(34)18-12-8-5-9-13-18/h4,6-7,10-11,14,16,18,22-25,31,33H,5,8-9,12-13,15H2,1-3H3,(H,35,36). The van der Waals surface area contributed by atoms with Crippen LogP contribution in [0.4, 0.5) is 0 Å². The Bertz CT molecular complexity index is 1080. The number of nitrogens with zero attached hydrogens (tertiary/aromatic N) is 2. The topological polar surface area (TPSA) is 103 Å². The van der Waals surface area contributed by atoms with Gasteiger partial charge in [0.15, 0.2) is 0 Å². The van der Waals surface area contributed by atoms with Crippen LogP contribution in [-0.4, -0.2) is 44.1 Å². The second-order valence-electron chi connectivity index (χ2n) is 11.2. The molecule has 0 spiro atoms. The van der Waals surface area contributed by atoms with E-state index >= 15 is 0 Å². The average molecular weight is 514 g/mol. The summed E-state index contributed by atoms with van der Waals surface area (Å²) in [6, 6.07) is 9.48. The summed E-state index contributed by atoms with van der Waals surface area (Å²) >= 11 is 6.07. The SMILES string of the molecule is CC(C)(C)C1C(NCc2cc(Cl)ncc2O)C(c2ccccc2)N(C(=O)C2CCCCC2)C1C(=O)O. The number of hydrogen-bond acceptors (Lipinski definition) is 5. The quantitative estimate of drug-likeness (QED) is 0.460. The molecule has 0 bridgehead atoms. The van der Waals surface area contributed by atoms with E-state index in [0.717, 1.165) is 37.7 Å². The Kier molecular flexibility index (Phi) is 7.90. The van der Waals surface area contributed by atoms with Gasteiger partial charge in [-0.05, 0) is 29.9 Å². The van der Waals surface area contributed by atoms with Gasteiger partial charge in [0.05, 0.1) is 12.2 Å². The molecular weight excluding hydrogens is 478 g/mol. The van der Waals surface area contributed by atoms with E-state index < -0.39 is 23.5 Å².